The number of urea groups is 1. The van der Waals surface area contributed by atoms with Crippen molar-refractivity contribution in [3.05, 3.63) is 53.8 Å². The summed E-state index contributed by atoms with van der Waals surface area (Å²) in [6.07, 6.45) is 0.342. The van der Waals surface area contributed by atoms with Gasteiger partial charge in [0.25, 0.3) is 0 Å². The number of nitrogens with zero attached hydrogens (tertiary/aromatic N) is 3. The van der Waals surface area contributed by atoms with Gasteiger partial charge in [0, 0.05) is 26.6 Å². The lowest BCUT2D eigenvalue weighted by atomic mass is 9.97. The lowest BCUT2D eigenvalue weighted by Gasteiger charge is -2.20. The first-order valence-electron chi connectivity index (χ1n) is 12.1. The van der Waals surface area contributed by atoms with Gasteiger partial charge < -0.3 is 19.9 Å². The number of carbonyl (C=O) groups is 2. The van der Waals surface area contributed by atoms with Crippen LogP contribution in [-0.4, -0.2) is 57.9 Å². The second kappa shape index (κ2) is 12.6. The molecule has 1 aromatic heterocycles. The van der Waals surface area contributed by atoms with Crippen molar-refractivity contribution >= 4 is 29.2 Å². The van der Waals surface area contributed by atoms with Crippen LogP contribution >= 0.6 is 11.6 Å². The predicted molar refractivity (Wildman–Crippen MR) is 140 cm³/mol. The highest BCUT2D eigenvalue weighted by atomic mass is 35.5. The van der Waals surface area contributed by atoms with Crippen LogP contribution in [-0.2, 0) is 6.54 Å². The first kappa shape index (κ1) is 30.0. The summed E-state index contributed by atoms with van der Waals surface area (Å²) in [5.74, 6) is -0.971. The van der Waals surface area contributed by atoms with Gasteiger partial charge in [-0.3, -0.25) is 14.3 Å². The zero-order valence-electron chi connectivity index (χ0n) is 21.8. The molecule has 2 amide bonds. The summed E-state index contributed by atoms with van der Waals surface area (Å²) in [4.78, 5) is 31.2. The lowest BCUT2D eigenvalue weighted by molar-refractivity contribution is -0.274. The molecule has 0 saturated heterocycles. The molecule has 1 aliphatic rings. The van der Waals surface area contributed by atoms with Crippen LogP contribution in [0.25, 0.3) is 0 Å². The number of anilines is 1. The standard InChI is InChI=1S/C26H30ClF3N4O5/c1-15-12-18(8-9-21(15)27)14-34-22(17(3)36)23(33(4)24(37)31-11-10-16(2)35)32-25(34)38-19-6-5-7-20(13-19)39-26(28,29)30/h5-9,12-13,15-16,21,35H,10-11,14H2,1-4H3,(H,31,37). The number of amides is 2. The Bertz CT molecular complexity index is 1260. The number of alkyl halides is 4. The fraction of sp³-hybridized carbons (Fsp3) is 0.423. The molecule has 0 spiro atoms. The third-order valence-corrected chi connectivity index (χ3v) is 6.31. The highest BCUT2D eigenvalue weighted by molar-refractivity contribution is 6.22. The molecule has 1 aliphatic carbocycles. The Morgan fingerprint density at radius 2 is 2.00 bits per heavy atom. The van der Waals surface area contributed by atoms with Crippen LogP contribution in [0.15, 0.2) is 48.1 Å². The number of aliphatic hydroxyl groups excluding tert-OH is 1. The number of aliphatic hydroxyl groups is 1. The topological polar surface area (TPSA) is 106 Å². The van der Waals surface area contributed by atoms with Crippen molar-refractivity contribution in [2.24, 2.45) is 5.92 Å². The summed E-state index contributed by atoms with van der Waals surface area (Å²) in [5.41, 5.74) is 0.838. The van der Waals surface area contributed by atoms with Gasteiger partial charge in [0.1, 0.15) is 17.2 Å². The van der Waals surface area contributed by atoms with E-state index >= 15 is 0 Å². The molecule has 0 radical (unpaired) electrons. The van der Waals surface area contributed by atoms with Crippen molar-refractivity contribution in [2.45, 2.75) is 51.6 Å². The number of halogens is 4. The van der Waals surface area contributed by atoms with E-state index in [0.29, 0.717) is 6.42 Å². The number of carbonyl (C=O) groups excluding carboxylic acids is 2. The Labute approximate surface area is 228 Å². The average molecular weight is 571 g/mol. The average Bonchev–Trinajstić information content (AvgIpc) is 3.17. The highest BCUT2D eigenvalue weighted by Crippen LogP contribution is 2.33. The highest BCUT2D eigenvalue weighted by Gasteiger charge is 2.32. The molecule has 0 saturated carbocycles. The molecule has 1 heterocycles. The smallest absolute Gasteiger partial charge is 0.425 e. The number of hydrogen-bond donors (Lipinski definition) is 2. The third kappa shape index (κ3) is 8.24. The van der Waals surface area contributed by atoms with E-state index in [1.165, 1.54) is 30.7 Å². The molecule has 2 aromatic rings. The molecule has 3 unspecified atom stereocenters. The Kier molecular flexibility index (Phi) is 9.68. The predicted octanol–water partition coefficient (Wildman–Crippen LogP) is 5.43. The van der Waals surface area contributed by atoms with E-state index in [1.54, 1.807) is 13.0 Å². The van der Waals surface area contributed by atoms with E-state index in [9.17, 15) is 27.9 Å². The van der Waals surface area contributed by atoms with Gasteiger partial charge in [-0.25, -0.2) is 4.79 Å². The van der Waals surface area contributed by atoms with Crippen LogP contribution < -0.4 is 19.7 Å². The minimum atomic E-state index is -4.90. The molecule has 1 aromatic carbocycles. The number of ketones is 1. The van der Waals surface area contributed by atoms with Gasteiger partial charge in [0.2, 0.25) is 0 Å². The number of aromatic nitrogens is 2. The molecule has 3 rings (SSSR count). The Hall–Kier alpha value is -3.51. The van der Waals surface area contributed by atoms with E-state index in [0.717, 1.165) is 22.6 Å². The molecule has 0 aliphatic heterocycles. The molecule has 0 bridgehead atoms. The summed E-state index contributed by atoms with van der Waals surface area (Å²) in [6, 6.07) is 4.16. The van der Waals surface area contributed by atoms with Gasteiger partial charge >= 0.3 is 18.4 Å². The second-order valence-corrected chi connectivity index (χ2v) is 9.67. The summed E-state index contributed by atoms with van der Waals surface area (Å²) in [7, 11) is 1.42. The number of benzene rings is 1. The normalized spacial score (nSPS) is 17.8. The van der Waals surface area contributed by atoms with Crippen molar-refractivity contribution in [1.82, 2.24) is 14.9 Å². The van der Waals surface area contributed by atoms with Crippen LogP contribution in [0.3, 0.4) is 0 Å². The number of nitrogens with one attached hydrogen (secondary N) is 1. The molecular weight excluding hydrogens is 541 g/mol. The summed E-state index contributed by atoms with van der Waals surface area (Å²) < 4.78 is 49.5. The van der Waals surface area contributed by atoms with Gasteiger partial charge in [-0.15, -0.1) is 24.8 Å². The quantitative estimate of drug-likeness (QED) is 0.291. The number of Topliss-reactive ketones (excluding diaryl/α,β-unsaturated/α-hetero) is 1. The number of hydrogen-bond acceptors (Lipinski definition) is 6. The molecule has 212 valence electrons. The van der Waals surface area contributed by atoms with Crippen LogP contribution in [0.5, 0.6) is 17.5 Å². The minimum Gasteiger partial charge on any atom is -0.425 e. The fourth-order valence-corrected chi connectivity index (χ4v) is 3.98. The monoisotopic (exact) mass is 570 g/mol. The first-order chi connectivity index (χ1) is 18.2. The summed E-state index contributed by atoms with van der Waals surface area (Å²) in [5, 5.41) is 11.9. The molecule has 0 fully saturated rings. The van der Waals surface area contributed by atoms with E-state index < -0.39 is 30.0 Å². The van der Waals surface area contributed by atoms with Crippen molar-refractivity contribution in [1.29, 1.82) is 0 Å². The van der Waals surface area contributed by atoms with Crippen molar-refractivity contribution in [2.75, 3.05) is 18.5 Å². The van der Waals surface area contributed by atoms with Crippen LogP contribution in [0.4, 0.5) is 23.8 Å². The Balaban J connectivity index is 2.03. The van der Waals surface area contributed by atoms with Crippen molar-refractivity contribution in [3.8, 4) is 17.5 Å². The molecular formula is C26H30ClF3N4O5. The Morgan fingerprint density at radius 3 is 2.62 bits per heavy atom. The molecule has 39 heavy (non-hydrogen) atoms. The van der Waals surface area contributed by atoms with E-state index in [1.807, 2.05) is 19.1 Å². The maximum Gasteiger partial charge on any atom is 0.573 e. The van der Waals surface area contributed by atoms with E-state index in [4.69, 9.17) is 16.3 Å². The molecule has 13 heteroatoms. The number of rotatable bonds is 10. The maximum atomic E-state index is 12.8. The van der Waals surface area contributed by atoms with Gasteiger partial charge in [-0.05, 0) is 37.0 Å². The molecule has 2 N–H and O–H groups in total. The number of imidazole rings is 1. The van der Waals surface area contributed by atoms with Crippen molar-refractivity contribution < 1.29 is 37.3 Å². The van der Waals surface area contributed by atoms with Crippen LogP contribution in [0.2, 0.25) is 0 Å². The fourth-order valence-electron chi connectivity index (χ4n) is 3.83. The minimum absolute atomic E-state index is 0.00151. The second-order valence-electron chi connectivity index (χ2n) is 9.17. The van der Waals surface area contributed by atoms with E-state index in [-0.39, 0.29) is 47.7 Å². The third-order valence-electron chi connectivity index (χ3n) is 5.77. The summed E-state index contributed by atoms with van der Waals surface area (Å²) in [6.45, 7) is 5.12. The number of allylic oxidation sites excluding steroid dienone is 4. The van der Waals surface area contributed by atoms with E-state index in [2.05, 4.69) is 15.0 Å². The van der Waals surface area contributed by atoms with Gasteiger partial charge in [0.15, 0.2) is 11.6 Å². The molecule has 9 nitrogen and oxygen atoms in total. The van der Waals surface area contributed by atoms with Crippen LogP contribution in [0, 0.1) is 5.92 Å². The van der Waals surface area contributed by atoms with Crippen LogP contribution in [0.1, 0.15) is 37.7 Å². The van der Waals surface area contributed by atoms with Gasteiger partial charge in [0.05, 0.1) is 18.0 Å². The van der Waals surface area contributed by atoms with Crippen molar-refractivity contribution in [3.63, 3.8) is 0 Å². The Morgan fingerprint density at radius 1 is 1.31 bits per heavy atom. The zero-order valence-corrected chi connectivity index (χ0v) is 22.6. The largest absolute Gasteiger partial charge is 0.573 e. The first-order valence-corrected chi connectivity index (χ1v) is 12.6. The maximum absolute atomic E-state index is 12.8. The van der Waals surface area contributed by atoms with Gasteiger partial charge in [-0.2, -0.15) is 4.98 Å². The van der Waals surface area contributed by atoms with Gasteiger partial charge in [-0.1, -0.05) is 31.2 Å². The zero-order chi connectivity index (χ0) is 28.9. The number of ether oxygens (including phenoxy) is 2. The molecule has 3 atom stereocenters. The lowest BCUT2D eigenvalue weighted by Crippen LogP contribution is -2.39. The SMILES string of the molecule is CC(=O)c1c(N(C)C(=O)NCCC(C)O)nc(Oc2cccc(OC(F)(F)F)c2)n1CC1=CC(C)C(Cl)C=C1. The summed E-state index contributed by atoms with van der Waals surface area (Å²) >= 11 is 6.27.